The van der Waals surface area contributed by atoms with Gasteiger partial charge in [0.1, 0.15) is 0 Å². The molecule has 0 saturated carbocycles. The molecule has 116 valence electrons. The molecule has 0 heterocycles. The normalized spacial score (nSPS) is 10.5. The molecule has 20 heavy (non-hydrogen) atoms. The van der Waals surface area contributed by atoms with Gasteiger partial charge in [0.15, 0.2) is 0 Å². The summed E-state index contributed by atoms with van der Waals surface area (Å²) in [6, 6.07) is 0.0905. The zero-order chi connectivity index (χ0) is 15.5. The Labute approximate surface area is 120 Å². The number of nitrogens with one attached hydrogen (secondary N) is 3. The van der Waals surface area contributed by atoms with Crippen LogP contribution in [-0.4, -0.2) is 61.4 Å². The lowest BCUT2D eigenvalue weighted by Gasteiger charge is -2.20. The molecule has 0 spiro atoms. The molecule has 0 fully saturated rings. The molecular weight excluding hydrogens is 260 g/mol. The average Bonchev–Trinajstić information content (AvgIpc) is 2.32. The van der Waals surface area contributed by atoms with Crippen LogP contribution in [0.25, 0.3) is 0 Å². The van der Waals surface area contributed by atoms with Crippen molar-refractivity contribution in [2.75, 3.05) is 32.7 Å². The third-order valence-corrected chi connectivity index (χ3v) is 2.45. The molecule has 7 heteroatoms. The van der Waals surface area contributed by atoms with E-state index < -0.39 is 0 Å². The Bertz CT molecular complexity index is 332. The Hall–Kier alpha value is -1.63. The Morgan fingerprint density at radius 2 is 1.55 bits per heavy atom. The molecule has 0 aromatic rings. The molecular formula is C13H26N4O3. The number of carbonyl (C=O) groups excluding carboxylic acids is 3. The van der Waals surface area contributed by atoms with Crippen molar-refractivity contribution in [3.05, 3.63) is 0 Å². The SMILES string of the molecule is CCN(CC(=O)NCCNC(C)=O)CC(=O)NC(C)C. The van der Waals surface area contributed by atoms with Crippen LogP contribution in [0.5, 0.6) is 0 Å². The van der Waals surface area contributed by atoms with Gasteiger partial charge in [0.05, 0.1) is 13.1 Å². The minimum Gasteiger partial charge on any atom is -0.355 e. The molecule has 0 aliphatic carbocycles. The number of rotatable bonds is 9. The standard InChI is InChI=1S/C13H26N4O3/c1-5-17(9-13(20)16-10(2)3)8-12(19)15-7-6-14-11(4)18/h10H,5-9H2,1-4H3,(H,14,18)(H,15,19)(H,16,20). The monoisotopic (exact) mass is 286 g/mol. The van der Waals surface area contributed by atoms with Crippen LogP contribution in [0, 0.1) is 0 Å². The lowest BCUT2D eigenvalue weighted by Crippen LogP contribution is -2.45. The minimum atomic E-state index is -0.158. The fraction of sp³-hybridized carbons (Fsp3) is 0.769. The Morgan fingerprint density at radius 1 is 1.00 bits per heavy atom. The summed E-state index contributed by atoms with van der Waals surface area (Å²) >= 11 is 0. The van der Waals surface area contributed by atoms with Crippen molar-refractivity contribution in [3.63, 3.8) is 0 Å². The van der Waals surface area contributed by atoms with Crippen LogP contribution in [0.2, 0.25) is 0 Å². The van der Waals surface area contributed by atoms with Gasteiger partial charge in [-0.3, -0.25) is 19.3 Å². The van der Waals surface area contributed by atoms with Crippen molar-refractivity contribution < 1.29 is 14.4 Å². The van der Waals surface area contributed by atoms with Gasteiger partial charge in [-0.2, -0.15) is 0 Å². The van der Waals surface area contributed by atoms with E-state index in [1.54, 1.807) is 4.90 Å². The van der Waals surface area contributed by atoms with Gasteiger partial charge in [-0.05, 0) is 20.4 Å². The second-order valence-electron chi connectivity index (χ2n) is 4.86. The van der Waals surface area contributed by atoms with E-state index in [9.17, 15) is 14.4 Å². The predicted molar refractivity (Wildman–Crippen MR) is 77.1 cm³/mol. The fourth-order valence-corrected chi connectivity index (χ4v) is 1.55. The number of hydrogen-bond donors (Lipinski definition) is 3. The average molecular weight is 286 g/mol. The number of carbonyl (C=O) groups is 3. The summed E-state index contributed by atoms with van der Waals surface area (Å²) in [4.78, 5) is 35.7. The number of amides is 3. The summed E-state index contributed by atoms with van der Waals surface area (Å²) in [6.07, 6.45) is 0. The van der Waals surface area contributed by atoms with E-state index in [4.69, 9.17) is 0 Å². The van der Waals surface area contributed by atoms with E-state index in [2.05, 4.69) is 16.0 Å². The lowest BCUT2D eigenvalue weighted by molar-refractivity contribution is -0.125. The smallest absolute Gasteiger partial charge is 0.234 e. The zero-order valence-corrected chi connectivity index (χ0v) is 12.8. The maximum atomic E-state index is 11.7. The summed E-state index contributed by atoms with van der Waals surface area (Å²) in [5.74, 6) is -0.373. The predicted octanol–water partition coefficient (Wildman–Crippen LogP) is -0.915. The van der Waals surface area contributed by atoms with Gasteiger partial charge < -0.3 is 16.0 Å². The maximum absolute atomic E-state index is 11.7. The molecule has 0 rings (SSSR count). The van der Waals surface area contributed by atoms with Gasteiger partial charge in [-0.15, -0.1) is 0 Å². The summed E-state index contributed by atoms with van der Waals surface area (Å²) in [7, 11) is 0. The largest absolute Gasteiger partial charge is 0.355 e. The second-order valence-corrected chi connectivity index (χ2v) is 4.86. The Balaban J connectivity index is 3.94. The van der Waals surface area contributed by atoms with E-state index in [1.807, 2.05) is 20.8 Å². The summed E-state index contributed by atoms with van der Waals surface area (Å²) in [5.41, 5.74) is 0. The first kappa shape index (κ1) is 18.4. The minimum absolute atomic E-state index is 0.0899. The molecule has 0 bridgehead atoms. The van der Waals surface area contributed by atoms with Crippen LogP contribution >= 0.6 is 0 Å². The Kier molecular flexibility index (Phi) is 9.36. The van der Waals surface area contributed by atoms with Gasteiger partial charge in [-0.25, -0.2) is 0 Å². The number of likely N-dealkylation sites (N-methyl/N-ethyl adjacent to an activating group) is 1. The van der Waals surface area contributed by atoms with Crippen LogP contribution in [0.15, 0.2) is 0 Å². The van der Waals surface area contributed by atoms with Gasteiger partial charge in [0, 0.05) is 26.1 Å². The molecule has 3 amide bonds. The van der Waals surface area contributed by atoms with E-state index >= 15 is 0 Å². The number of nitrogens with zero attached hydrogens (tertiary/aromatic N) is 1. The van der Waals surface area contributed by atoms with Crippen LogP contribution in [0.1, 0.15) is 27.7 Å². The first-order chi connectivity index (χ1) is 9.35. The molecule has 0 atom stereocenters. The van der Waals surface area contributed by atoms with Crippen LogP contribution in [0.4, 0.5) is 0 Å². The molecule has 0 aliphatic heterocycles. The van der Waals surface area contributed by atoms with Crippen LogP contribution in [0.3, 0.4) is 0 Å². The molecule has 7 nitrogen and oxygen atoms in total. The van der Waals surface area contributed by atoms with Crippen molar-refractivity contribution in [3.8, 4) is 0 Å². The van der Waals surface area contributed by atoms with Crippen LogP contribution in [-0.2, 0) is 14.4 Å². The lowest BCUT2D eigenvalue weighted by atomic mass is 10.3. The highest BCUT2D eigenvalue weighted by Gasteiger charge is 2.13. The van der Waals surface area contributed by atoms with Gasteiger partial charge in [0.25, 0.3) is 0 Å². The molecule has 0 aromatic carbocycles. The molecule has 0 saturated heterocycles. The van der Waals surface area contributed by atoms with E-state index in [1.165, 1.54) is 6.92 Å². The quantitative estimate of drug-likeness (QED) is 0.478. The van der Waals surface area contributed by atoms with Gasteiger partial charge in [-0.1, -0.05) is 6.92 Å². The van der Waals surface area contributed by atoms with Crippen molar-refractivity contribution in [2.24, 2.45) is 0 Å². The van der Waals surface area contributed by atoms with Crippen LogP contribution < -0.4 is 16.0 Å². The maximum Gasteiger partial charge on any atom is 0.234 e. The summed E-state index contributed by atoms with van der Waals surface area (Å²) in [5, 5.41) is 8.07. The van der Waals surface area contributed by atoms with Gasteiger partial charge >= 0.3 is 0 Å². The van der Waals surface area contributed by atoms with E-state index in [0.717, 1.165) is 0 Å². The van der Waals surface area contributed by atoms with Crippen molar-refractivity contribution >= 4 is 17.7 Å². The van der Waals surface area contributed by atoms with Gasteiger partial charge in [0.2, 0.25) is 17.7 Å². The van der Waals surface area contributed by atoms with E-state index in [-0.39, 0.29) is 36.9 Å². The third kappa shape index (κ3) is 10.3. The summed E-state index contributed by atoms with van der Waals surface area (Å²) in [6.45, 7) is 8.88. The highest BCUT2D eigenvalue weighted by atomic mass is 16.2. The van der Waals surface area contributed by atoms with Crippen molar-refractivity contribution in [1.82, 2.24) is 20.9 Å². The van der Waals surface area contributed by atoms with E-state index in [0.29, 0.717) is 19.6 Å². The molecule has 0 aliphatic rings. The Morgan fingerprint density at radius 3 is 2.05 bits per heavy atom. The first-order valence-electron chi connectivity index (χ1n) is 6.88. The van der Waals surface area contributed by atoms with Crippen molar-refractivity contribution in [2.45, 2.75) is 33.7 Å². The second kappa shape index (κ2) is 10.2. The highest BCUT2D eigenvalue weighted by Crippen LogP contribution is 1.88. The molecule has 3 N–H and O–H groups in total. The third-order valence-electron chi connectivity index (χ3n) is 2.45. The topological polar surface area (TPSA) is 90.5 Å². The molecule has 0 unspecified atom stereocenters. The first-order valence-corrected chi connectivity index (χ1v) is 6.88. The molecule has 0 aromatic heterocycles. The fourth-order valence-electron chi connectivity index (χ4n) is 1.55. The highest BCUT2D eigenvalue weighted by molar-refractivity contribution is 5.81. The van der Waals surface area contributed by atoms with Crippen molar-refractivity contribution in [1.29, 1.82) is 0 Å². The summed E-state index contributed by atoms with van der Waals surface area (Å²) < 4.78 is 0. The number of hydrogen-bond acceptors (Lipinski definition) is 4. The molecule has 0 radical (unpaired) electrons. The zero-order valence-electron chi connectivity index (χ0n) is 12.8.